The number of methoxy groups -OCH3 is 1. The Kier molecular flexibility index (Phi) is 4.97. The molecule has 1 atom stereocenters. The van der Waals surface area contributed by atoms with E-state index in [-0.39, 0.29) is 6.04 Å². The summed E-state index contributed by atoms with van der Waals surface area (Å²) in [6.45, 7) is 0.739. The molecule has 2 N–H and O–H groups in total. The lowest BCUT2D eigenvalue weighted by Crippen LogP contribution is -2.11. The van der Waals surface area contributed by atoms with Gasteiger partial charge in [0.2, 0.25) is 0 Å². The first-order chi connectivity index (χ1) is 9.20. The van der Waals surface area contributed by atoms with Gasteiger partial charge in [0, 0.05) is 12.1 Å². The van der Waals surface area contributed by atoms with E-state index >= 15 is 0 Å². The molecule has 0 amide bonds. The molecular weight excluding hydrogens is 258 g/mol. The Morgan fingerprint density at radius 1 is 1.00 bits per heavy atom. The number of rotatable bonds is 5. The molecule has 0 aromatic heterocycles. The Hall–Kier alpha value is -1.35. The van der Waals surface area contributed by atoms with Gasteiger partial charge in [0.05, 0.1) is 12.6 Å². The van der Waals surface area contributed by atoms with Crippen molar-refractivity contribution >= 4 is 11.6 Å². The second kappa shape index (κ2) is 6.71. The first kappa shape index (κ1) is 14.1. The van der Waals surface area contributed by atoms with E-state index in [1.54, 1.807) is 7.11 Å². The number of ether oxygens (including phenoxy) is 1. The lowest BCUT2D eigenvalue weighted by Gasteiger charge is -2.13. The Bertz CT molecular complexity index is 507. The maximum absolute atomic E-state index is 6.25. The van der Waals surface area contributed by atoms with Crippen LogP contribution < -0.4 is 5.73 Å². The molecule has 0 radical (unpaired) electrons. The van der Waals surface area contributed by atoms with E-state index < -0.39 is 0 Å². The molecular formula is C16H18ClNO. The highest BCUT2D eigenvalue weighted by Crippen LogP contribution is 2.21. The normalized spacial score (nSPS) is 12.4. The highest BCUT2D eigenvalue weighted by molar-refractivity contribution is 6.30. The minimum absolute atomic E-state index is 0.117. The number of hydrogen-bond donors (Lipinski definition) is 1. The molecule has 0 spiro atoms. The van der Waals surface area contributed by atoms with Crippen molar-refractivity contribution in [1.29, 1.82) is 0 Å². The summed E-state index contributed by atoms with van der Waals surface area (Å²) in [4.78, 5) is 0. The van der Waals surface area contributed by atoms with Gasteiger partial charge in [-0.25, -0.2) is 0 Å². The van der Waals surface area contributed by atoms with Gasteiger partial charge in [-0.05, 0) is 35.2 Å². The SMILES string of the molecule is COCCc1ccc(C(N)c2ccc(Cl)cc2)cc1. The first-order valence-corrected chi connectivity index (χ1v) is 6.67. The van der Waals surface area contributed by atoms with Crippen molar-refractivity contribution in [2.24, 2.45) is 5.73 Å². The second-order valence-electron chi connectivity index (χ2n) is 4.51. The summed E-state index contributed by atoms with van der Waals surface area (Å²) in [6.07, 6.45) is 0.924. The van der Waals surface area contributed by atoms with Crippen LogP contribution in [0.25, 0.3) is 0 Å². The maximum atomic E-state index is 6.25. The summed E-state index contributed by atoms with van der Waals surface area (Å²) in [5, 5.41) is 0.728. The Morgan fingerprint density at radius 3 is 2.05 bits per heavy atom. The molecule has 2 aromatic rings. The van der Waals surface area contributed by atoms with E-state index in [1.807, 2.05) is 24.3 Å². The van der Waals surface area contributed by atoms with Gasteiger partial charge in [-0.2, -0.15) is 0 Å². The van der Waals surface area contributed by atoms with Gasteiger partial charge in [0.1, 0.15) is 0 Å². The molecule has 100 valence electrons. The predicted octanol–water partition coefficient (Wildman–Crippen LogP) is 3.58. The zero-order chi connectivity index (χ0) is 13.7. The van der Waals surface area contributed by atoms with E-state index in [4.69, 9.17) is 22.1 Å². The summed E-state index contributed by atoms with van der Waals surface area (Å²) in [5.74, 6) is 0. The minimum Gasteiger partial charge on any atom is -0.384 e. The summed E-state index contributed by atoms with van der Waals surface area (Å²) in [7, 11) is 1.71. The topological polar surface area (TPSA) is 35.2 Å². The monoisotopic (exact) mass is 275 g/mol. The average Bonchev–Trinajstić information content (AvgIpc) is 2.46. The summed E-state index contributed by atoms with van der Waals surface area (Å²) >= 11 is 5.88. The summed E-state index contributed by atoms with van der Waals surface area (Å²) in [5.41, 5.74) is 9.67. The first-order valence-electron chi connectivity index (χ1n) is 6.29. The van der Waals surface area contributed by atoms with Crippen molar-refractivity contribution in [2.45, 2.75) is 12.5 Å². The average molecular weight is 276 g/mol. The standard InChI is InChI=1S/C16H18ClNO/c1-19-11-10-12-2-4-13(5-3-12)16(18)14-6-8-15(17)9-7-14/h2-9,16H,10-11,18H2,1H3. The van der Waals surface area contributed by atoms with Crippen LogP contribution in [-0.4, -0.2) is 13.7 Å². The van der Waals surface area contributed by atoms with Crippen molar-refractivity contribution in [3.8, 4) is 0 Å². The lowest BCUT2D eigenvalue weighted by atomic mass is 9.98. The van der Waals surface area contributed by atoms with Gasteiger partial charge >= 0.3 is 0 Å². The smallest absolute Gasteiger partial charge is 0.0551 e. The van der Waals surface area contributed by atoms with Crippen LogP contribution in [0.2, 0.25) is 5.02 Å². The molecule has 0 aliphatic heterocycles. The molecule has 3 heteroatoms. The molecule has 0 heterocycles. The predicted molar refractivity (Wildman–Crippen MR) is 79.5 cm³/mol. The van der Waals surface area contributed by atoms with E-state index in [0.717, 1.165) is 29.2 Å². The van der Waals surface area contributed by atoms with E-state index in [0.29, 0.717) is 0 Å². The van der Waals surface area contributed by atoms with E-state index in [9.17, 15) is 0 Å². The highest BCUT2D eigenvalue weighted by Gasteiger charge is 2.08. The van der Waals surface area contributed by atoms with Crippen molar-refractivity contribution in [3.63, 3.8) is 0 Å². The zero-order valence-corrected chi connectivity index (χ0v) is 11.7. The van der Waals surface area contributed by atoms with Crippen LogP contribution in [0.15, 0.2) is 48.5 Å². The van der Waals surface area contributed by atoms with Crippen LogP contribution >= 0.6 is 11.6 Å². The molecule has 0 aliphatic carbocycles. The van der Waals surface area contributed by atoms with Gasteiger partial charge < -0.3 is 10.5 Å². The largest absolute Gasteiger partial charge is 0.384 e. The third kappa shape index (κ3) is 3.80. The molecule has 2 rings (SSSR count). The van der Waals surface area contributed by atoms with Crippen molar-refractivity contribution < 1.29 is 4.74 Å². The Morgan fingerprint density at radius 2 is 1.53 bits per heavy atom. The number of halogens is 1. The molecule has 0 bridgehead atoms. The fourth-order valence-corrected chi connectivity index (χ4v) is 2.10. The van der Waals surface area contributed by atoms with Gasteiger partial charge in [-0.1, -0.05) is 48.0 Å². The minimum atomic E-state index is -0.117. The molecule has 0 saturated carbocycles. The number of benzene rings is 2. The van der Waals surface area contributed by atoms with E-state index in [2.05, 4.69) is 24.3 Å². The van der Waals surface area contributed by atoms with Crippen LogP contribution in [0.1, 0.15) is 22.7 Å². The van der Waals surface area contributed by atoms with Gasteiger partial charge in [-0.15, -0.1) is 0 Å². The van der Waals surface area contributed by atoms with Gasteiger partial charge in [0.15, 0.2) is 0 Å². The second-order valence-corrected chi connectivity index (χ2v) is 4.95. The van der Waals surface area contributed by atoms with Crippen LogP contribution in [0, 0.1) is 0 Å². The van der Waals surface area contributed by atoms with Crippen molar-refractivity contribution in [1.82, 2.24) is 0 Å². The molecule has 0 aliphatic rings. The van der Waals surface area contributed by atoms with Crippen LogP contribution in [0.4, 0.5) is 0 Å². The Labute approximate surface area is 119 Å². The summed E-state index contributed by atoms with van der Waals surface area (Å²) < 4.78 is 5.07. The van der Waals surface area contributed by atoms with Crippen molar-refractivity contribution in [3.05, 3.63) is 70.2 Å². The highest BCUT2D eigenvalue weighted by atomic mass is 35.5. The zero-order valence-electron chi connectivity index (χ0n) is 11.0. The lowest BCUT2D eigenvalue weighted by molar-refractivity contribution is 0.202. The fourth-order valence-electron chi connectivity index (χ4n) is 1.97. The third-order valence-electron chi connectivity index (χ3n) is 3.16. The van der Waals surface area contributed by atoms with Gasteiger partial charge in [-0.3, -0.25) is 0 Å². The third-order valence-corrected chi connectivity index (χ3v) is 3.41. The van der Waals surface area contributed by atoms with Crippen LogP contribution in [0.5, 0.6) is 0 Å². The Balaban J connectivity index is 2.10. The molecule has 2 aromatic carbocycles. The molecule has 0 fully saturated rings. The van der Waals surface area contributed by atoms with E-state index in [1.165, 1.54) is 5.56 Å². The van der Waals surface area contributed by atoms with Gasteiger partial charge in [0.25, 0.3) is 0 Å². The fraction of sp³-hybridized carbons (Fsp3) is 0.250. The molecule has 0 saturated heterocycles. The number of hydrogen-bond acceptors (Lipinski definition) is 2. The molecule has 19 heavy (non-hydrogen) atoms. The van der Waals surface area contributed by atoms with Crippen LogP contribution in [-0.2, 0) is 11.2 Å². The quantitative estimate of drug-likeness (QED) is 0.905. The maximum Gasteiger partial charge on any atom is 0.0551 e. The van der Waals surface area contributed by atoms with Crippen molar-refractivity contribution in [2.75, 3.05) is 13.7 Å². The molecule has 2 nitrogen and oxygen atoms in total. The van der Waals surface area contributed by atoms with Crippen LogP contribution in [0.3, 0.4) is 0 Å². The summed E-state index contributed by atoms with van der Waals surface area (Å²) in [6, 6.07) is 15.9. The molecule has 1 unspecified atom stereocenters. The number of nitrogens with two attached hydrogens (primary N) is 1.